The maximum absolute atomic E-state index is 13.4. The van der Waals surface area contributed by atoms with Crippen LogP contribution in [0.4, 0.5) is 0 Å². The standard InChI is InChI=1S/C40H63N3O7Si/c1-11-51(12-2,13-3)50-37(19-18-36(45)29(6)20-28(5)25-42-43-41)38(48-26-33-14-16-35(47-10)17-15-33)22-27(4)21-34(44)24-31(8)39-30(7)23-32(9)40(46)49-39/h14-19,27-30,32,37-39H,8,11-13,20-26H2,1-7,9-10H3/b19-18+/t27-,28-,29+,30-,32+,37+,38-,39-/m0/s1. The number of ether oxygens (including phenoxy) is 3. The first-order valence-corrected chi connectivity index (χ1v) is 21.3. The Bertz CT molecular complexity index is 1350. The Morgan fingerprint density at radius 1 is 1.08 bits per heavy atom. The minimum absolute atomic E-state index is 0.0178. The molecule has 2 rings (SSSR count). The van der Waals surface area contributed by atoms with Gasteiger partial charge in [0.25, 0.3) is 0 Å². The van der Waals surface area contributed by atoms with Crippen LogP contribution in [-0.4, -0.2) is 57.8 Å². The number of Topliss-reactive ketones (excluding diaryl/α,β-unsaturated/α-hetero) is 1. The van der Waals surface area contributed by atoms with Crippen LogP contribution in [0.15, 0.2) is 53.7 Å². The lowest BCUT2D eigenvalue weighted by Crippen LogP contribution is -2.44. The minimum Gasteiger partial charge on any atom is -0.497 e. The summed E-state index contributed by atoms with van der Waals surface area (Å²) in [5.41, 5.74) is 10.3. The number of methoxy groups -OCH3 is 1. The predicted molar refractivity (Wildman–Crippen MR) is 205 cm³/mol. The van der Waals surface area contributed by atoms with Crippen molar-refractivity contribution in [3.8, 4) is 5.75 Å². The fourth-order valence-corrected chi connectivity index (χ4v) is 9.80. The van der Waals surface area contributed by atoms with E-state index in [-0.39, 0.29) is 53.5 Å². The number of allylic oxidation sites excluding steroid dienone is 1. The number of cyclic esters (lactones) is 1. The third-order valence-electron chi connectivity index (χ3n) is 10.4. The van der Waals surface area contributed by atoms with E-state index in [0.29, 0.717) is 44.4 Å². The number of benzene rings is 1. The Kier molecular flexibility index (Phi) is 18.9. The molecule has 1 aliphatic rings. The Morgan fingerprint density at radius 2 is 1.73 bits per heavy atom. The molecule has 1 aromatic carbocycles. The van der Waals surface area contributed by atoms with Crippen LogP contribution in [0, 0.1) is 29.6 Å². The van der Waals surface area contributed by atoms with Crippen molar-refractivity contribution >= 4 is 25.9 Å². The van der Waals surface area contributed by atoms with E-state index in [4.69, 9.17) is 24.2 Å². The Hall–Kier alpha value is -3.24. The van der Waals surface area contributed by atoms with Gasteiger partial charge in [0, 0.05) is 30.2 Å². The second-order valence-electron chi connectivity index (χ2n) is 14.8. The SMILES string of the molecule is C=C(CC(=O)C[C@H](C)C[C@H](OCc1ccc(OC)cc1)[C@@H](/C=C/C(=O)[C@H](C)C[C@H](C)CN=[N+]=[N-])O[Si](CC)(CC)CC)[C@H]1OC(=O)[C@H](C)C[C@@H]1C. The molecule has 0 spiro atoms. The van der Waals surface area contributed by atoms with Crippen molar-refractivity contribution in [3.05, 3.63) is 64.6 Å². The molecule has 51 heavy (non-hydrogen) atoms. The summed E-state index contributed by atoms with van der Waals surface area (Å²) in [7, 11) is -0.541. The third-order valence-corrected chi connectivity index (χ3v) is 15.0. The first-order valence-electron chi connectivity index (χ1n) is 18.8. The zero-order valence-corrected chi connectivity index (χ0v) is 33.6. The molecular formula is C40H63N3O7Si. The zero-order valence-electron chi connectivity index (χ0n) is 32.6. The number of ketones is 2. The van der Waals surface area contributed by atoms with Gasteiger partial charge in [-0.3, -0.25) is 14.4 Å². The summed E-state index contributed by atoms with van der Waals surface area (Å²) in [6, 6.07) is 10.5. The molecular weight excluding hydrogens is 663 g/mol. The van der Waals surface area contributed by atoms with Crippen molar-refractivity contribution in [1.29, 1.82) is 0 Å². The topological polar surface area (TPSA) is 137 Å². The number of azide groups is 1. The van der Waals surface area contributed by atoms with Crippen LogP contribution < -0.4 is 4.74 Å². The second-order valence-corrected chi connectivity index (χ2v) is 19.6. The van der Waals surface area contributed by atoms with Gasteiger partial charge in [-0.2, -0.15) is 0 Å². The molecule has 10 nitrogen and oxygen atoms in total. The molecule has 1 aromatic rings. The van der Waals surface area contributed by atoms with E-state index in [9.17, 15) is 14.4 Å². The lowest BCUT2D eigenvalue weighted by molar-refractivity contribution is -0.161. The van der Waals surface area contributed by atoms with E-state index in [1.165, 1.54) is 0 Å². The first-order chi connectivity index (χ1) is 24.2. The van der Waals surface area contributed by atoms with Gasteiger partial charge in [-0.1, -0.05) is 85.3 Å². The highest BCUT2D eigenvalue weighted by Gasteiger charge is 2.37. The molecule has 0 aromatic heterocycles. The summed E-state index contributed by atoms with van der Waals surface area (Å²) in [6.45, 7) is 21.1. The van der Waals surface area contributed by atoms with Crippen molar-refractivity contribution in [2.75, 3.05) is 13.7 Å². The lowest BCUT2D eigenvalue weighted by atomic mass is 9.84. The van der Waals surface area contributed by atoms with Gasteiger partial charge in [-0.25, -0.2) is 0 Å². The monoisotopic (exact) mass is 725 g/mol. The highest BCUT2D eigenvalue weighted by Crippen LogP contribution is 2.32. The second kappa shape index (κ2) is 22.0. The van der Waals surface area contributed by atoms with Crippen LogP contribution >= 0.6 is 0 Å². The zero-order chi connectivity index (χ0) is 38.1. The highest BCUT2D eigenvalue weighted by molar-refractivity contribution is 6.73. The first kappa shape index (κ1) is 43.9. The van der Waals surface area contributed by atoms with Gasteiger partial charge in [0.05, 0.1) is 31.8 Å². The van der Waals surface area contributed by atoms with Gasteiger partial charge >= 0.3 is 5.97 Å². The normalized spacial score (nSPS) is 20.8. The van der Waals surface area contributed by atoms with E-state index in [1.807, 2.05) is 65.0 Å². The van der Waals surface area contributed by atoms with Crippen LogP contribution in [0.25, 0.3) is 10.4 Å². The number of carbonyl (C=O) groups is 3. The summed E-state index contributed by atoms with van der Waals surface area (Å²) in [6.07, 6.45) is 4.43. The average Bonchev–Trinajstić information content (AvgIpc) is 3.11. The molecule has 1 saturated heterocycles. The summed E-state index contributed by atoms with van der Waals surface area (Å²) < 4.78 is 24.7. The van der Waals surface area contributed by atoms with Crippen molar-refractivity contribution < 1.29 is 33.0 Å². The van der Waals surface area contributed by atoms with Crippen LogP contribution in [0.5, 0.6) is 5.75 Å². The third kappa shape index (κ3) is 14.4. The summed E-state index contributed by atoms with van der Waals surface area (Å²) in [5.74, 6) is 0.250. The number of nitrogens with zero attached hydrogens (tertiary/aromatic N) is 3. The molecule has 11 heteroatoms. The van der Waals surface area contributed by atoms with Gasteiger partial charge in [-0.05, 0) is 90.0 Å². The predicted octanol–water partition coefficient (Wildman–Crippen LogP) is 9.59. The van der Waals surface area contributed by atoms with Crippen molar-refractivity contribution in [1.82, 2.24) is 0 Å². The number of hydrogen-bond acceptors (Lipinski definition) is 8. The largest absolute Gasteiger partial charge is 0.497 e. The number of rotatable bonds is 24. The van der Waals surface area contributed by atoms with Gasteiger partial charge in [-0.15, -0.1) is 0 Å². The minimum atomic E-state index is -2.17. The van der Waals surface area contributed by atoms with Gasteiger partial charge in [0.15, 0.2) is 14.1 Å². The molecule has 284 valence electrons. The number of hydrogen-bond donors (Lipinski definition) is 0. The van der Waals surface area contributed by atoms with Gasteiger partial charge in [0.1, 0.15) is 17.6 Å². The molecule has 0 unspecified atom stereocenters. The maximum atomic E-state index is 13.4. The van der Waals surface area contributed by atoms with Gasteiger partial charge < -0.3 is 18.6 Å². The van der Waals surface area contributed by atoms with Crippen LogP contribution in [0.1, 0.15) is 93.1 Å². The smallest absolute Gasteiger partial charge is 0.309 e. The molecule has 0 amide bonds. The fraction of sp³-hybridized carbons (Fsp3) is 0.675. The van der Waals surface area contributed by atoms with Crippen LogP contribution in [0.2, 0.25) is 18.1 Å². The van der Waals surface area contributed by atoms with E-state index in [0.717, 1.165) is 29.4 Å². The summed E-state index contributed by atoms with van der Waals surface area (Å²) >= 11 is 0. The van der Waals surface area contributed by atoms with E-state index in [2.05, 4.69) is 37.4 Å². The van der Waals surface area contributed by atoms with Gasteiger partial charge in [0.2, 0.25) is 0 Å². The van der Waals surface area contributed by atoms with E-state index < -0.39 is 26.6 Å². The maximum Gasteiger partial charge on any atom is 0.309 e. The average molecular weight is 726 g/mol. The molecule has 0 N–H and O–H groups in total. The Balaban J connectivity index is 2.34. The van der Waals surface area contributed by atoms with Crippen LogP contribution in [-0.2, 0) is 34.9 Å². The molecule has 0 saturated carbocycles. The molecule has 1 heterocycles. The quantitative estimate of drug-likeness (QED) is 0.0197. The summed E-state index contributed by atoms with van der Waals surface area (Å²) in [5, 5.41) is 3.67. The fourth-order valence-electron chi connectivity index (χ4n) is 6.99. The summed E-state index contributed by atoms with van der Waals surface area (Å²) in [4.78, 5) is 41.9. The van der Waals surface area contributed by atoms with E-state index >= 15 is 0 Å². The molecule has 1 aliphatic heterocycles. The van der Waals surface area contributed by atoms with Crippen LogP contribution in [0.3, 0.4) is 0 Å². The number of esters is 1. The molecule has 0 aliphatic carbocycles. The Labute approximate surface area is 307 Å². The molecule has 0 bridgehead atoms. The van der Waals surface area contributed by atoms with Crippen molar-refractivity contribution in [2.45, 2.75) is 131 Å². The molecule has 8 atom stereocenters. The highest BCUT2D eigenvalue weighted by atomic mass is 28.4. The van der Waals surface area contributed by atoms with Crippen molar-refractivity contribution in [2.24, 2.45) is 34.7 Å². The Morgan fingerprint density at radius 3 is 2.31 bits per heavy atom. The van der Waals surface area contributed by atoms with E-state index in [1.54, 1.807) is 13.2 Å². The molecule has 1 fully saturated rings. The number of carbonyl (C=O) groups excluding carboxylic acids is 3. The molecule has 0 radical (unpaired) electrons. The lowest BCUT2D eigenvalue weighted by Gasteiger charge is -2.36. The van der Waals surface area contributed by atoms with Crippen molar-refractivity contribution in [3.63, 3.8) is 0 Å².